The van der Waals surface area contributed by atoms with Crippen LogP contribution in [0, 0.1) is 11.8 Å². The lowest BCUT2D eigenvalue weighted by atomic mass is 9.94. The van der Waals surface area contributed by atoms with Gasteiger partial charge in [-0.1, -0.05) is 0 Å². The topological polar surface area (TPSA) is 120 Å². The van der Waals surface area contributed by atoms with E-state index in [1.807, 2.05) is 6.07 Å². The molecule has 34 heavy (non-hydrogen) atoms. The molecule has 1 aromatic heterocycles. The molecular formula is C26H24O8. The normalized spacial score (nSPS) is 17.4. The molecule has 176 valence electrons. The summed E-state index contributed by atoms with van der Waals surface area (Å²) in [6, 6.07) is 7.61. The molecule has 2 saturated carbocycles. The molecule has 0 amide bonds. The standard InChI is InChI=1S/C26H24O8/c1-12(27)32-23(14-3-4-14)17-10-19-22(29)18-9-16(26(30)31)7-8-21(18)34-25(19)20(11-17)24(15-5-6-15)33-13(2)28/h7-11,14-15,23-24H,3-6H2,1-2H3,(H,30,31). The van der Waals surface area contributed by atoms with E-state index in [-0.39, 0.29) is 33.8 Å². The number of carbonyl (C=O) groups excluding carboxylic acids is 2. The van der Waals surface area contributed by atoms with Crippen LogP contribution in [0.3, 0.4) is 0 Å². The number of hydrogen-bond donors (Lipinski definition) is 1. The summed E-state index contributed by atoms with van der Waals surface area (Å²) in [6.07, 6.45) is 2.42. The van der Waals surface area contributed by atoms with Gasteiger partial charge >= 0.3 is 17.9 Å². The van der Waals surface area contributed by atoms with Gasteiger partial charge in [0.15, 0.2) is 0 Å². The molecule has 8 heteroatoms. The Bertz CT molecular complexity index is 1390. The second-order valence-electron chi connectivity index (χ2n) is 9.17. The summed E-state index contributed by atoms with van der Waals surface area (Å²) in [6.45, 7) is 2.69. The number of hydrogen-bond acceptors (Lipinski definition) is 7. The molecule has 0 spiro atoms. The van der Waals surface area contributed by atoms with Crippen LogP contribution in [0.2, 0.25) is 0 Å². The zero-order chi connectivity index (χ0) is 24.1. The fourth-order valence-electron chi connectivity index (χ4n) is 4.52. The minimum absolute atomic E-state index is 0.0259. The van der Waals surface area contributed by atoms with E-state index in [2.05, 4.69) is 0 Å². The van der Waals surface area contributed by atoms with Crippen molar-refractivity contribution < 1.29 is 33.4 Å². The largest absolute Gasteiger partial charge is 0.478 e. The Kier molecular flexibility index (Phi) is 5.38. The lowest BCUT2D eigenvalue weighted by Crippen LogP contribution is -2.16. The summed E-state index contributed by atoms with van der Waals surface area (Å²) in [4.78, 5) is 48.7. The van der Waals surface area contributed by atoms with Gasteiger partial charge < -0.3 is 19.0 Å². The zero-order valence-corrected chi connectivity index (χ0v) is 18.8. The highest BCUT2D eigenvalue weighted by molar-refractivity contribution is 5.97. The van der Waals surface area contributed by atoms with E-state index in [1.165, 1.54) is 32.0 Å². The average molecular weight is 464 g/mol. The Hall–Kier alpha value is -3.68. The number of esters is 2. The monoisotopic (exact) mass is 464 g/mol. The Balaban J connectivity index is 1.79. The first-order valence-corrected chi connectivity index (χ1v) is 11.3. The van der Waals surface area contributed by atoms with E-state index in [1.54, 1.807) is 6.07 Å². The Morgan fingerprint density at radius 1 is 0.912 bits per heavy atom. The van der Waals surface area contributed by atoms with Gasteiger partial charge in [0.1, 0.15) is 23.4 Å². The summed E-state index contributed by atoms with van der Waals surface area (Å²) in [7, 11) is 0. The summed E-state index contributed by atoms with van der Waals surface area (Å²) >= 11 is 0. The number of benzene rings is 2. The van der Waals surface area contributed by atoms with E-state index < -0.39 is 35.5 Å². The van der Waals surface area contributed by atoms with Gasteiger partial charge in [0.2, 0.25) is 5.43 Å². The second kappa shape index (κ2) is 8.27. The van der Waals surface area contributed by atoms with Gasteiger partial charge in [-0.25, -0.2) is 4.79 Å². The van der Waals surface area contributed by atoms with Crippen molar-refractivity contribution in [2.45, 2.75) is 51.7 Å². The maximum atomic E-state index is 13.6. The summed E-state index contributed by atoms with van der Waals surface area (Å²) in [5, 5.41) is 9.73. The van der Waals surface area contributed by atoms with Crippen LogP contribution in [-0.2, 0) is 19.1 Å². The molecule has 2 unspecified atom stereocenters. The molecule has 0 saturated heterocycles. The molecule has 1 N–H and O–H groups in total. The fourth-order valence-corrected chi connectivity index (χ4v) is 4.52. The van der Waals surface area contributed by atoms with Crippen LogP contribution in [0.5, 0.6) is 0 Å². The van der Waals surface area contributed by atoms with Gasteiger partial charge in [0, 0.05) is 31.2 Å². The highest BCUT2D eigenvalue weighted by atomic mass is 16.5. The van der Waals surface area contributed by atoms with Crippen LogP contribution in [0.15, 0.2) is 39.5 Å². The zero-order valence-electron chi connectivity index (χ0n) is 18.8. The molecule has 5 rings (SSSR count). The van der Waals surface area contributed by atoms with Gasteiger partial charge in [-0.3, -0.25) is 14.4 Å². The first kappa shape index (κ1) is 22.1. The molecule has 1 heterocycles. The molecule has 0 aliphatic heterocycles. The first-order chi connectivity index (χ1) is 16.2. The van der Waals surface area contributed by atoms with Crippen molar-refractivity contribution in [3.8, 4) is 0 Å². The predicted molar refractivity (Wildman–Crippen MR) is 121 cm³/mol. The molecule has 0 radical (unpaired) electrons. The lowest BCUT2D eigenvalue weighted by molar-refractivity contribution is -0.148. The fraction of sp³-hybridized carbons (Fsp3) is 0.385. The minimum atomic E-state index is -1.15. The Morgan fingerprint density at radius 2 is 1.53 bits per heavy atom. The van der Waals surface area contributed by atoms with Crippen LogP contribution in [-0.4, -0.2) is 23.0 Å². The van der Waals surface area contributed by atoms with Crippen molar-refractivity contribution in [1.82, 2.24) is 0 Å². The molecule has 2 aliphatic carbocycles. The van der Waals surface area contributed by atoms with Crippen LogP contribution < -0.4 is 5.43 Å². The van der Waals surface area contributed by atoms with Crippen molar-refractivity contribution in [1.29, 1.82) is 0 Å². The number of aromatic carboxylic acids is 1. The van der Waals surface area contributed by atoms with Crippen molar-refractivity contribution >= 4 is 39.8 Å². The maximum Gasteiger partial charge on any atom is 0.335 e. The predicted octanol–water partition coefficient (Wildman–Crippen LogP) is 4.67. The van der Waals surface area contributed by atoms with Crippen LogP contribution >= 0.6 is 0 Å². The number of carboxylic acids is 1. The van der Waals surface area contributed by atoms with Crippen molar-refractivity contribution in [3.63, 3.8) is 0 Å². The number of carboxylic acid groups (broad SMARTS) is 1. The minimum Gasteiger partial charge on any atom is -0.478 e. The van der Waals surface area contributed by atoms with E-state index >= 15 is 0 Å². The summed E-state index contributed by atoms with van der Waals surface area (Å²) < 4.78 is 17.4. The van der Waals surface area contributed by atoms with Crippen molar-refractivity contribution in [2.75, 3.05) is 0 Å². The van der Waals surface area contributed by atoms with E-state index in [4.69, 9.17) is 13.9 Å². The smallest absolute Gasteiger partial charge is 0.335 e. The van der Waals surface area contributed by atoms with Gasteiger partial charge in [-0.15, -0.1) is 0 Å². The Morgan fingerprint density at radius 3 is 2.12 bits per heavy atom. The van der Waals surface area contributed by atoms with Gasteiger partial charge in [-0.05, 0) is 61.6 Å². The van der Waals surface area contributed by atoms with Gasteiger partial charge in [-0.2, -0.15) is 0 Å². The molecule has 0 bridgehead atoms. The summed E-state index contributed by atoms with van der Waals surface area (Å²) in [5.41, 5.74) is 1.31. The molecule has 2 aliphatic rings. The molecule has 3 aromatic rings. The number of rotatable bonds is 7. The Labute approximate surface area is 194 Å². The molecular weight excluding hydrogens is 440 g/mol. The third-order valence-electron chi connectivity index (χ3n) is 6.39. The second-order valence-corrected chi connectivity index (χ2v) is 9.17. The van der Waals surface area contributed by atoms with Gasteiger partial charge in [0.05, 0.1) is 16.3 Å². The SMILES string of the molecule is CC(=O)OC(c1cc(C(OC(C)=O)C2CC2)c2oc3ccc(C(=O)O)cc3c(=O)c2c1)C1CC1. The van der Waals surface area contributed by atoms with Crippen LogP contribution in [0.4, 0.5) is 0 Å². The molecule has 2 aromatic carbocycles. The van der Waals surface area contributed by atoms with Crippen LogP contribution in [0.1, 0.15) is 73.2 Å². The van der Waals surface area contributed by atoms with E-state index in [0.29, 0.717) is 16.7 Å². The number of carbonyl (C=O) groups is 3. The summed E-state index contributed by atoms with van der Waals surface area (Å²) in [5.74, 6) is -1.76. The van der Waals surface area contributed by atoms with Gasteiger partial charge in [0.25, 0.3) is 0 Å². The van der Waals surface area contributed by atoms with Crippen molar-refractivity contribution in [3.05, 3.63) is 57.2 Å². The van der Waals surface area contributed by atoms with Crippen molar-refractivity contribution in [2.24, 2.45) is 11.8 Å². The highest BCUT2D eigenvalue weighted by Crippen LogP contribution is 2.48. The molecule has 2 fully saturated rings. The third kappa shape index (κ3) is 4.16. The first-order valence-electron chi connectivity index (χ1n) is 11.3. The third-order valence-corrected chi connectivity index (χ3v) is 6.39. The lowest BCUT2D eigenvalue weighted by Gasteiger charge is -2.22. The van der Waals surface area contributed by atoms with Crippen LogP contribution in [0.25, 0.3) is 21.9 Å². The van der Waals surface area contributed by atoms with E-state index in [9.17, 15) is 24.3 Å². The van der Waals surface area contributed by atoms with E-state index in [0.717, 1.165) is 25.7 Å². The highest BCUT2D eigenvalue weighted by Gasteiger charge is 2.39. The average Bonchev–Trinajstić information content (AvgIpc) is 3.68. The number of ether oxygens (including phenoxy) is 2. The molecule has 8 nitrogen and oxygen atoms in total. The number of fused-ring (bicyclic) bond motifs is 2. The quantitative estimate of drug-likeness (QED) is 0.396. The maximum absolute atomic E-state index is 13.6. The molecule has 2 atom stereocenters.